The maximum absolute atomic E-state index is 12.4. The number of carbonyl (C=O) groups excluding carboxylic acids is 1. The number of aliphatic carboxylic acids is 1. The van der Waals surface area contributed by atoms with Gasteiger partial charge in [0, 0.05) is 29.2 Å². The fourth-order valence-corrected chi connectivity index (χ4v) is 2.66. The Morgan fingerprint density at radius 1 is 1.12 bits per heavy atom. The number of benzene rings is 2. The van der Waals surface area contributed by atoms with Crippen LogP contribution < -0.4 is 5.32 Å². The maximum Gasteiger partial charge on any atom is 0.315 e. The Hall–Kier alpha value is -3.08. The van der Waals surface area contributed by atoms with Gasteiger partial charge in [-0.05, 0) is 36.8 Å². The van der Waals surface area contributed by atoms with Crippen molar-refractivity contribution in [3.63, 3.8) is 0 Å². The molecule has 2 aromatic carbocycles. The fraction of sp³-hybridized carbons (Fsp3) is 0.158. The van der Waals surface area contributed by atoms with Crippen LogP contribution in [-0.4, -0.2) is 28.5 Å². The number of carbonyl (C=O) groups is 2. The van der Waals surface area contributed by atoms with E-state index in [-0.39, 0.29) is 12.5 Å². The minimum atomic E-state index is -1.19. The third-order valence-corrected chi connectivity index (χ3v) is 4.30. The molecule has 1 heterocycles. The molecule has 0 aliphatic rings. The van der Waals surface area contributed by atoms with E-state index in [2.05, 4.69) is 10.3 Å². The van der Waals surface area contributed by atoms with Crippen LogP contribution in [0.1, 0.15) is 22.8 Å². The molecule has 0 radical (unpaired) electrons. The van der Waals surface area contributed by atoms with Crippen molar-refractivity contribution in [2.45, 2.75) is 12.3 Å². The normalized spacial score (nSPS) is 13.4. The van der Waals surface area contributed by atoms with Crippen molar-refractivity contribution in [2.24, 2.45) is 0 Å². The monoisotopic (exact) mass is 322 g/mol. The van der Waals surface area contributed by atoms with Crippen molar-refractivity contribution in [1.29, 1.82) is 0 Å². The third kappa shape index (κ3) is 2.88. The highest BCUT2D eigenvalue weighted by Crippen LogP contribution is 2.23. The van der Waals surface area contributed by atoms with Crippen LogP contribution in [0.25, 0.3) is 10.9 Å². The largest absolute Gasteiger partial charge is 0.481 e. The smallest absolute Gasteiger partial charge is 0.315 e. The lowest BCUT2D eigenvalue weighted by molar-refractivity contribution is -0.142. The molecule has 5 heteroatoms. The van der Waals surface area contributed by atoms with Gasteiger partial charge in [-0.1, -0.05) is 30.3 Å². The Morgan fingerprint density at radius 2 is 1.88 bits per heavy atom. The SMILES string of the molecule is CC(CNC(=O)c1ccc2[nH]ccc2c1)(C(=O)O)c1ccccc1. The summed E-state index contributed by atoms with van der Waals surface area (Å²) in [5.41, 5.74) is 0.919. The molecule has 0 aliphatic heterocycles. The van der Waals surface area contributed by atoms with Crippen molar-refractivity contribution in [3.8, 4) is 0 Å². The maximum atomic E-state index is 12.4. The van der Waals surface area contributed by atoms with E-state index in [1.54, 1.807) is 43.3 Å². The number of aromatic nitrogens is 1. The van der Waals surface area contributed by atoms with Gasteiger partial charge >= 0.3 is 5.97 Å². The Labute approximate surface area is 139 Å². The Bertz CT molecular complexity index is 886. The second-order valence-corrected chi connectivity index (χ2v) is 5.97. The van der Waals surface area contributed by atoms with Gasteiger partial charge in [-0.3, -0.25) is 9.59 Å². The molecule has 3 rings (SSSR count). The summed E-state index contributed by atoms with van der Waals surface area (Å²) < 4.78 is 0. The molecule has 0 fully saturated rings. The molecule has 0 saturated heterocycles. The summed E-state index contributed by atoms with van der Waals surface area (Å²) in [5, 5.41) is 13.3. The van der Waals surface area contributed by atoms with Crippen LogP contribution in [0, 0.1) is 0 Å². The van der Waals surface area contributed by atoms with E-state index in [0.29, 0.717) is 11.1 Å². The van der Waals surface area contributed by atoms with Crippen molar-refractivity contribution < 1.29 is 14.7 Å². The van der Waals surface area contributed by atoms with Crippen molar-refractivity contribution >= 4 is 22.8 Å². The van der Waals surface area contributed by atoms with Crippen LogP contribution in [-0.2, 0) is 10.2 Å². The second kappa shape index (κ2) is 6.20. The molecule has 5 nitrogen and oxygen atoms in total. The number of hydrogen-bond acceptors (Lipinski definition) is 2. The van der Waals surface area contributed by atoms with Gasteiger partial charge in [0.05, 0.1) is 0 Å². The molecule has 0 spiro atoms. The number of rotatable bonds is 5. The lowest BCUT2D eigenvalue weighted by Crippen LogP contribution is -2.44. The first-order valence-corrected chi connectivity index (χ1v) is 7.65. The predicted molar refractivity (Wildman–Crippen MR) is 92.1 cm³/mol. The zero-order valence-corrected chi connectivity index (χ0v) is 13.2. The Balaban J connectivity index is 1.79. The summed E-state index contributed by atoms with van der Waals surface area (Å²) >= 11 is 0. The Morgan fingerprint density at radius 3 is 2.58 bits per heavy atom. The second-order valence-electron chi connectivity index (χ2n) is 5.97. The fourth-order valence-electron chi connectivity index (χ4n) is 2.66. The molecule has 0 bridgehead atoms. The first-order valence-electron chi connectivity index (χ1n) is 7.65. The molecule has 1 aromatic heterocycles. The zero-order chi connectivity index (χ0) is 17.2. The number of nitrogens with one attached hydrogen (secondary N) is 2. The standard InChI is InChI=1S/C19H18N2O3/c1-19(18(23)24,15-5-3-2-4-6-15)12-21-17(22)14-7-8-16-13(11-14)9-10-20-16/h2-11,20H,12H2,1H3,(H,21,22)(H,23,24). The molecule has 24 heavy (non-hydrogen) atoms. The van der Waals surface area contributed by atoms with E-state index in [1.807, 2.05) is 24.4 Å². The predicted octanol–water partition coefficient (Wildman–Crippen LogP) is 2.94. The van der Waals surface area contributed by atoms with Gasteiger partial charge in [0.1, 0.15) is 5.41 Å². The van der Waals surface area contributed by atoms with Crippen LogP contribution >= 0.6 is 0 Å². The van der Waals surface area contributed by atoms with Crippen LogP contribution in [0.4, 0.5) is 0 Å². The molecule has 1 atom stereocenters. The highest BCUT2D eigenvalue weighted by Gasteiger charge is 2.35. The van der Waals surface area contributed by atoms with Crippen molar-refractivity contribution in [2.75, 3.05) is 6.54 Å². The van der Waals surface area contributed by atoms with Gasteiger partial charge in [-0.15, -0.1) is 0 Å². The van der Waals surface area contributed by atoms with E-state index in [1.165, 1.54) is 0 Å². The van der Waals surface area contributed by atoms with Crippen molar-refractivity contribution in [3.05, 3.63) is 71.9 Å². The molecular weight excluding hydrogens is 304 g/mol. The number of amides is 1. The quantitative estimate of drug-likeness (QED) is 0.675. The molecular formula is C19H18N2O3. The van der Waals surface area contributed by atoms with Gasteiger partial charge < -0.3 is 15.4 Å². The van der Waals surface area contributed by atoms with Gasteiger partial charge in [0.25, 0.3) is 5.91 Å². The third-order valence-electron chi connectivity index (χ3n) is 4.30. The number of carboxylic acid groups (broad SMARTS) is 1. The first-order chi connectivity index (χ1) is 11.5. The molecule has 0 saturated carbocycles. The number of H-pyrrole nitrogens is 1. The lowest BCUT2D eigenvalue weighted by atomic mass is 9.82. The average molecular weight is 322 g/mol. The van der Waals surface area contributed by atoms with E-state index in [4.69, 9.17) is 0 Å². The lowest BCUT2D eigenvalue weighted by Gasteiger charge is -2.25. The minimum Gasteiger partial charge on any atom is -0.481 e. The summed E-state index contributed by atoms with van der Waals surface area (Å²) in [6.45, 7) is 1.62. The topological polar surface area (TPSA) is 82.2 Å². The summed E-state index contributed by atoms with van der Waals surface area (Å²) in [4.78, 5) is 27.2. The minimum absolute atomic E-state index is 0.0103. The molecule has 1 amide bonds. The van der Waals surface area contributed by atoms with Crippen LogP contribution in [0.3, 0.4) is 0 Å². The number of aromatic amines is 1. The Kier molecular flexibility index (Phi) is 4.08. The number of carboxylic acids is 1. The molecule has 0 aliphatic carbocycles. The summed E-state index contributed by atoms with van der Waals surface area (Å²) in [7, 11) is 0. The zero-order valence-electron chi connectivity index (χ0n) is 13.2. The molecule has 3 N–H and O–H groups in total. The first kappa shape index (κ1) is 15.8. The molecule has 1 unspecified atom stereocenters. The van der Waals surface area contributed by atoms with Crippen LogP contribution in [0.2, 0.25) is 0 Å². The molecule has 122 valence electrons. The van der Waals surface area contributed by atoms with E-state index < -0.39 is 11.4 Å². The highest BCUT2D eigenvalue weighted by atomic mass is 16.4. The number of hydrogen-bond donors (Lipinski definition) is 3. The summed E-state index contributed by atoms with van der Waals surface area (Å²) in [6, 6.07) is 16.1. The van der Waals surface area contributed by atoms with Crippen molar-refractivity contribution in [1.82, 2.24) is 10.3 Å². The van der Waals surface area contributed by atoms with E-state index in [0.717, 1.165) is 10.9 Å². The highest BCUT2D eigenvalue weighted by molar-refractivity contribution is 5.98. The van der Waals surface area contributed by atoms with E-state index in [9.17, 15) is 14.7 Å². The van der Waals surface area contributed by atoms with Gasteiger partial charge in [-0.2, -0.15) is 0 Å². The van der Waals surface area contributed by atoms with E-state index >= 15 is 0 Å². The molecule has 3 aromatic rings. The summed E-state index contributed by atoms with van der Waals surface area (Å²) in [6.07, 6.45) is 1.81. The van der Waals surface area contributed by atoms with Gasteiger partial charge in [0.15, 0.2) is 0 Å². The van der Waals surface area contributed by atoms with Crippen LogP contribution in [0.15, 0.2) is 60.8 Å². The van der Waals surface area contributed by atoms with Crippen LogP contribution in [0.5, 0.6) is 0 Å². The summed E-state index contributed by atoms with van der Waals surface area (Å²) in [5.74, 6) is -1.27. The average Bonchev–Trinajstić information content (AvgIpc) is 3.07. The number of fused-ring (bicyclic) bond motifs is 1. The van der Waals surface area contributed by atoms with Gasteiger partial charge in [0.2, 0.25) is 0 Å². The van der Waals surface area contributed by atoms with Gasteiger partial charge in [-0.25, -0.2) is 0 Å².